The van der Waals surface area contributed by atoms with E-state index >= 15 is 0 Å². The number of nitrogens with zero attached hydrogens (tertiary/aromatic N) is 3. The van der Waals surface area contributed by atoms with Crippen molar-refractivity contribution in [2.45, 2.75) is 19.6 Å². The molecule has 48 heavy (non-hydrogen) atoms. The molecule has 226 valence electrons. The first-order valence-electron chi connectivity index (χ1n) is 15.8. The zero-order valence-corrected chi connectivity index (χ0v) is 26.8. The third-order valence-corrected chi connectivity index (χ3v) is 12.9. The van der Waals surface area contributed by atoms with Crippen LogP contribution in [-0.2, 0) is 0 Å². The molecule has 0 radical (unpaired) electrons. The zero-order valence-electron chi connectivity index (χ0n) is 26.0. The number of aromatic nitrogens is 1. The van der Waals surface area contributed by atoms with Crippen LogP contribution in [0.15, 0.2) is 196 Å². The highest BCUT2D eigenvalue weighted by Crippen LogP contribution is 2.73. The van der Waals surface area contributed by atoms with Crippen molar-refractivity contribution in [2.24, 2.45) is 0 Å². The molecule has 1 aromatic heterocycles. The Labute approximate surface area is 281 Å². The number of hydrogen-bond acceptors (Lipinski definition) is 2. The molecule has 7 aromatic carbocycles. The Kier molecular flexibility index (Phi) is 7.35. The molecule has 0 amide bonds. The lowest BCUT2D eigenvalue weighted by Gasteiger charge is -2.42. The van der Waals surface area contributed by atoms with Crippen molar-refractivity contribution in [1.82, 2.24) is 4.57 Å². The Morgan fingerprint density at radius 3 is 1.44 bits per heavy atom. The number of para-hydroxylation sites is 2. The fourth-order valence-electron chi connectivity index (χ4n) is 6.91. The van der Waals surface area contributed by atoms with Gasteiger partial charge in [-0.15, -0.1) is 10.0 Å². The smallest absolute Gasteiger partial charge is 0.0998 e. The van der Waals surface area contributed by atoms with Crippen LogP contribution in [0.4, 0.5) is 0 Å². The summed E-state index contributed by atoms with van der Waals surface area (Å²) in [7, 11) is -1.96. The van der Waals surface area contributed by atoms with Gasteiger partial charge in [-0.1, -0.05) is 97.1 Å². The number of nitriles is 2. The minimum Gasteiger partial charge on any atom is -0.309 e. The van der Waals surface area contributed by atoms with Crippen molar-refractivity contribution in [2.75, 3.05) is 0 Å². The predicted octanol–water partition coefficient (Wildman–Crippen LogP) is 11.5. The molecule has 8 aromatic rings. The van der Waals surface area contributed by atoms with Crippen molar-refractivity contribution < 1.29 is 0 Å². The van der Waals surface area contributed by atoms with Crippen LogP contribution in [0.5, 0.6) is 0 Å². The van der Waals surface area contributed by atoms with Gasteiger partial charge in [0.1, 0.15) is 0 Å². The molecule has 0 bridgehead atoms. The standard InChI is InChI=1S/C44H29N3S/c45-30-32-26-33(28-35(27-32)47-43-22-12-10-20-41(43)42-21-11-13-23-44(42)47)40-25-24-39(29-34(40)31-46)48(36-14-4-1-5-15-36,37-16-6-2-7-17-37)38-18-8-3-9-19-38/h1-29H. The Balaban J connectivity index is 1.37. The van der Waals surface area contributed by atoms with E-state index in [1.807, 2.05) is 42.5 Å². The molecule has 0 atom stereocenters. The van der Waals surface area contributed by atoms with Crippen LogP contribution in [-0.4, -0.2) is 4.57 Å². The Morgan fingerprint density at radius 2 is 0.938 bits per heavy atom. The monoisotopic (exact) mass is 631 g/mol. The SMILES string of the molecule is N#Cc1cc(-c2ccc(S(c3ccccc3)(c3ccccc3)c3ccccc3)cc2C#N)cc(-n2c3ccccc3c3ccccc32)c1. The van der Waals surface area contributed by atoms with Crippen LogP contribution in [0.2, 0.25) is 0 Å². The second-order valence-electron chi connectivity index (χ2n) is 11.6. The molecule has 0 aliphatic heterocycles. The lowest BCUT2D eigenvalue weighted by atomic mass is 9.98. The number of hydrogen-bond donors (Lipinski definition) is 0. The molecule has 0 aliphatic rings. The van der Waals surface area contributed by atoms with E-state index in [1.54, 1.807) is 0 Å². The number of rotatable bonds is 6. The van der Waals surface area contributed by atoms with Crippen LogP contribution < -0.4 is 0 Å². The summed E-state index contributed by atoms with van der Waals surface area (Å²) >= 11 is 0. The van der Waals surface area contributed by atoms with E-state index in [0.29, 0.717) is 11.1 Å². The van der Waals surface area contributed by atoms with E-state index in [9.17, 15) is 10.5 Å². The summed E-state index contributed by atoms with van der Waals surface area (Å²) < 4.78 is 2.21. The van der Waals surface area contributed by atoms with Gasteiger partial charge >= 0.3 is 0 Å². The van der Waals surface area contributed by atoms with Crippen LogP contribution >= 0.6 is 10.0 Å². The number of benzene rings is 7. The van der Waals surface area contributed by atoms with Crippen LogP contribution in [0.25, 0.3) is 38.6 Å². The van der Waals surface area contributed by atoms with E-state index in [1.165, 1.54) is 14.7 Å². The highest BCUT2D eigenvalue weighted by atomic mass is 32.3. The van der Waals surface area contributed by atoms with E-state index in [-0.39, 0.29) is 0 Å². The highest BCUT2D eigenvalue weighted by Gasteiger charge is 2.33. The molecule has 8 rings (SSSR count). The molecule has 0 aliphatic carbocycles. The Bertz CT molecular complexity index is 2370. The average molecular weight is 632 g/mol. The number of fused-ring (bicyclic) bond motifs is 3. The maximum atomic E-state index is 10.7. The molecule has 0 spiro atoms. The lowest BCUT2D eigenvalue weighted by molar-refractivity contribution is 1.18. The molecule has 0 saturated heterocycles. The van der Waals surface area contributed by atoms with Gasteiger partial charge < -0.3 is 4.57 Å². The van der Waals surface area contributed by atoms with Gasteiger partial charge in [-0.2, -0.15) is 10.5 Å². The van der Waals surface area contributed by atoms with Gasteiger partial charge in [-0.25, -0.2) is 0 Å². The van der Waals surface area contributed by atoms with E-state index in [0.717, 1.165) is 43.5 Å². The summed E-state index contributed by atoms with van der Waals surface area (Å²) in [5, 5.41) is 23.2. The third kappa shape index (κ3) is 4.67. The first-order valence-corrected chi connectivity index (χ1v) is 17.4. The van der Waals surface area contributed by atoms with Gasteiger partial charge in [0, 0.05) is 36.0 Å². The van der Waals surface area contributed by atoms with Crippen molar-refractivity contribution >= 4 is 31.8 Å². The molecule has 4 heteroatoms. The van der Waals surface area contributed by atoms with Crippen LogP contribution in [0.1, 0.15) is 11.1 Å². The topological polar surface area (TPSA) is 52.5 Å². The molecular weight excluding hydrogens is 603 g/mol. The fraction of sp³-hybridized carbons (Fsp3) is 0. The summed E-state index contributed by atoms with van der Waals surface area (Å²) in [6.07, 6.45) is 0. The molecule has 1 heterocycles. The van der Waals surface area contributed by atoms with Crippen molar-refractivity contribution in [1.29, 1.82) is 10.5 Å². The lowest BCUT2D eigenvalue weighted by Crippen LogP contribution is -2.05. The van der Waals surface area contributed by atoms with Crippen molar-refractivity contribution in [3.63, 3.8) is 0 Å². The van der Waals surface area contributed by atoms with Crippen LogP contribution in [0.3, 0.4) is 0 Å². The molecule has 0 fully saturated rings. The van der Waals surface area contributed by atoms with Gasteiger partial charge in [0.2, 0.25) is 0 Å². The van der Waals surface area contributed by atoms with Crippen molar-refractivity contribution in [3.8, 4) is 29.0 Å². The Hall–Kier alpha value is -6.33. The maximum Gasteiger partial charge on any atom is 0.0998 e. The van der Waals surface area contributed by atoms with Crippen molar-refractivity contribution in [3.05, 3.63) is 187 Å². The predicted molar refractivity (Wildman–Crippen MR) is 196 cm³/mol. The fourth-order valence-corrected chi connectivity index (χ4v) is 10.8. The van der Waals surface area contributed by atoms with E-state index < -0.39 is 10.0 Å². The normalized spacial score (nSPS) is 11.6. The first kappa shape index (κ1) is 29.1. The summed E-state index contributed by atoms with van der Waals surface area (Å²) in [5.74, 6) is 0. The van der Waals surface area contributed by atoms with Gasteiger partial charge in [-0.3, -0.25) is 0 Å². The molecular formula is C44H29N3S. The minimum atomic E-state index is -1.96. The highest BCUT2D eigenvalue weighted by molar-refractivity contribution is 8.34. The third-order valence-electron chi connectivity index (χ3n) is 8.95. The van der Waals surface area contributed by atoms with Gasteiger partial charge in [0.25, 0.3) is 0 Å². The first-order chi connectivity index (χ1) is 23.7. The van der Waals surface area contributed by atoms with Gasteiger partial charge in [0.15, 0.2) is 0 Å². The average Bonchev–Trinajstić information content (AvgIpc) is 3.51. The second-order valence-corrected chi connectivity index (χ2v) is 14.7. The van der Waals surface area contributed by atoms with E-state index in [4.69, 9.17) is 0 Å². The van der Waals surface area contributed by atoms with Gasteiger partial charge in [-0.05, 0) is 90.0 Å². The summed E-state index contributed by atoms with van der Waals surface area (Å²) in [4.78, 5) is 4.66. The Morgan fingerprint density at radius 1 is 0.438 bits per heavy atom. The summed E-state index contributed by atoms with van der Waals surface area (Å²) in [6, 6.07) is 65.7. The molecule has 3 nitrogen and oxygen atoms in total. The van der Waals surface area contributed by atoms with E-state index in [2.05, 4.69) is 150 Å². The summed E-state index contributed by atoms with van der Waals surface area (Å²) in [5.41, 5.74) is 5.74. The van der Waals surface area contributed by atoms with Gasteiger partial charge in [0.05, 0.1) is 34.3 Å². The second kappa shape index (κ2) is 12.1. The van der Waals surface area contributed by atoms with Crippen LogP contribution in [0, 0.1) is 22.7 Å². The minimum absolute atomic E-state index is 0.537. The molecule has 0 unspecified atom stereocenters. The largest absolute Gasteiger partial charge is 0.309 e. The zero-order chi connectivity index (χ0) is 32.5. The summed E-state index contributed by atoms with van der Waals surface area (Å²) in [6.45, 7) is 0. The molecule has 0 saturated carbocycles. The quantitative estimate of drug-likeness (QED) is 0.183. The maximum absolute atomic E-state index is 10.7. The molecule has 0 N–H and O–H groups in total.